The second-order valence-electron chi connectivity index (χ2n) is 6.89. The van der Waals surface area contributed by atoms with Gasteiger partial charge >= 0.3 is 6.18 Å². The van der Waals surface area contributed by atoms with E-state index in [-0.39, 0.29) is 24.3 Å². The summed E-state index contributed by atoms with van der Waals surface area (Å²) in [6.07, 6.45) is -2.27. The fourth-order valence-corrected chi connectivity index (χ4v) is 3.43. The number of alkyl halides is 3. The van der Waals surface area contributed by atoms with E-state index in [1.54, 1.807) is 43.5 Å². The van der Waals surface area contributed by atoms with Crippen LogP contribution in [0.3, 0.4) is 0 Å². The molecule has 3 heterocycles. The van der Waals surface area contributed by atoms with Gasteiger partial charge in [-0.15, -0.1) is 0 Å². The second kappa shape index (κ2) is 7.77. The number of nitrogens with zero attached hydrogens (tertiary/aromatic N) is 2. The molecule has 0 spiro atoms. The smallest absolute Gasteiger partial charge is 0.410 e. The number of nitrogens with one attached hydrogen (secondary N) is 2. The molecule has 2 atom stereocenters. The first-order chi connectivity index (χ1) is 14.4. The van der Waals surface area contributed by atoms with Crippen LogP contribution in [0.5, 0.6) is 5.75 Å². The number of hydrogen-bond acceptors (Lipinski definition) is 5. The summed E-state index contributed by atoms with van der Waals surface area (Å²) < 4.78 is 52.1. The predicted octanol–water partition coefficient (Wildman–Crippen LogP) is 4.08. The summed E-state index contributed by atoms with van der Waals surface area (Å²) in [5.74, 6) is 0.529. The average molecular weight is 420 g/mol. The third-order valence-corrected chi connectivity index (χ3v) is 4.98. The molecule has 2 aromatic heterocycles. The number of fused-ring (bicyclic) bond motifs is 1. The molecule has 2 N–H and O–H groups in total. The van der Waals surface area contributed by atoms with Gasteiger partial charge in [-0.05, 0) is 29.8 Å². The molecule has 1 aliphatic heterocycles. The minimum Gasteiger partial charge on any atom is -0.497 e. The number of hydrogen-bond donors (Lipinski definition) is 2. The second-order valence-corrected chi connectivity index (χ2v) is 6.89. The van der Waals surface area contributed by atoms with E-state index in [0.717, 1.165) is 16.4 Å². The van der Waals surface area contributed by atoms with Crippen LogP contribution in [0.1, 0.15) is 40.2 Å². The highest BCUT2D eigenvalue weighted by Gasteiger charge is 2.47. The first kappa shape index (κ1) is 19.9. The number of carbonyl (C=O) groups excluding carboxylic acids is 1. The molecule has 30 heavy (non-hydrogen) atoms. The molecule has 158 valence electrons. The largest absolute Gasteiger partial charge is 0.497 e. The lowest BCUT2D eigenvalue weighted by Crippen LogP contribution is -2.36. The summed E-state index contributed by atoms with van der Waals surface area (Å²) in [5, 5.41) is 9.53. The lowest BCUT2D eigenvalue weighted by molar-refractivity contribution is -0.174. The molecular formula is C20H19F3N4O3. The van der Waals surface area contributed by atoms with Crippen molar-refractivity contribution in [2.75, 3.05) is 12.4 Å². The Morgan fingerprint density at radius 3 is 2.73 bits per heavy atom. The number of benzene rings is 1. The Kier molecular flexibility index (Phi) is 5.15. The molecule has 3 aromatic rings. The number of rotatable bonds is 5. The molecule has 10 heteroatoms. The van der Waals surface area contributed by atoms with E-state index >= 15 is 0 Å². The van der Waals surface area contributed by atoms with E-state index in [0.29, 0.717) is 11.5 Å². The van der Waals surface area contributed by atoms with Crippen LogP contribution in [0, 0.1) is 0 Å². The zero-order valence-electron chi connectivity index (χ0n) is 15.9. The van der Waals surface area contributed by atoms with Crippen LogP contribution in [0.25, 0.3) is 0 Å². The van der Waals surface area contributed by atoms with E-state index in [4.69, 9.17) is 9.15 Å². The Morgan fingerprint density at radius 1 is 1.33 bits per heavy atom. The molecule has 4 rings (SSSR count). The third kappa shape index (κ3) is 3.85. The molecule has 1 aromatic carbocycles. The molecule has 0 bridgehead atoms. The summed E-state index contributed by atoms with van der Waals surface area (Å²) in [5.41, 5.74) is 0.855. The SMILES string of the molecule is COc1ccc(CNC(=O)c2cnn3c2N[C@H](c2ccco2)C[C@@H]3C(F)(F)F)cc1. The number of furan rings is 1. The molecule has 0 saturated carbocycles. The van der Waals surface area contributed by atoms with Crippen molar-refractivity contribution in [1.29, 1.82) is 0 Å². The van der Waals surface area contributed by atoms with Crippen molar-refractivity contribution in [2.24, 2.45) is 0 Å². The maximum atomic E-state index is 13.6. The topological polar surface area (TPSA) is 81.3 Å². The van der Waals surface area contributed by atoms with E-state index in [1.165, 1.54) is 6.26 Å². The van der Waals surface area contributed by atoms with Gasteiger partial charge in [-0.25, -0.2) is 4.68 Å². The van der Waals surface area contributed by atoms with Gasteiger partial charge in [0, 0.05) is 13.0 Å². The summed E-state index contributed by atoms with van der Waals surface area (Å²) in [6.45, 7) is 0.206. The quantitative estimate of drug-likeness (QED) is 0.650. The molecule has 0 unspecified atom stereocenters. The maximum absolute atomic E-state index is 13.6. The molecule has 7 nitrogen and oxygen atoms in total. The normalized spacial score (nSPS) is 18.4. The Labute approximate surface area is 169 Å². The van der Waals surface area contributed by atoms with E-state index in [9.17, 15) is 18.0 Å². The fraction of sp³-hybridized carbons (Fsp3) is 0.300. The van der Waals surface area contributed by atoms with Gasteiger partial charge in [0.15, 0.2) is 6.04 Å². The average Bonchev–Trinajstić information content (AvgIpc) is 3.41. The number of anilines is 1. The van der Waals surface area contributed by atoms with Crippen LogP contribution in [-0.2, 0) is 6.54 Å². The maximum Gasteiger partial charge on any atom is 0.410 e. The highest BCUT2D eigenvalue weighted by Crippen LogP contribution is 2.44. The minimum atomic E-state index is -4.52. The zero-order valence-corrected chi connectivity index (χ0v) is 15.9. The number of amides is 1. The van der Waals surface area contributed by atoms with Crippen LogP contribution in [0.15, 0.2) is 53.3 Å². The predicted molar refractivity (Wildman–Crippen MR) is 101 cm³/mol. The number of methoxy groups -OCH3 is 1. The Morgan fingerprint density at radius 2 is 2.10 bits per heavy atom. The van der Waals surface area contributed by atoms with Gasteiger partial charge in [-0.1, -0.05) is 12.1 Å². The van der Waals surface area contributed by atoms with Gasteiger partial charge in [-0.2, -0.15) is 18.3 Å². The van der Waals surface area contributed by atoms with Crippen LogP contribution in [0.2, 0.25) is 0 Å². The van der Waals surface area contributed by atoms with Crippen molar-refractivity contribution < 1.29 is 27.1 Å². The summed E-state index contributed by atoms with van der Waals surface area (Å²) in [7, 11) is 1.55. The highest BCUT2D eigenvalue weighted by molar-refractivity contribution is 5.98. The molecule has 1 aliphatic rings. The number of aromatic nitrogens is 2. The Bertz CT molecular complexity index is 1010. The van der Waals surface area contributed by atoms with E-state index < -0.39 is 24.2 Å². The van der Waals surface area contributed by atoms with Crippen molar-refractivity contribution in [1.82, 2.24) is 15.1 Å². The van der Waals surface area contributed by atoms with E-state index in [1.807, 2.05) is 0 Å². The van der Waals surface area contributed by atoms with E-state index in [2.05, 4.69) is 15.7 Å². The van der Waals surface area contributed by atoms with Gasteiger partial charge in [0.25, 0.3) is 5.91 Å². The number of halogens is 3. The Hall–Kier alpha value is -3.43. The zero-order chi connectivity index (χ0) is 21.3. The molecule has 0 aliphatic carbocycles. The van der Waals surface area contributed by atoms with Crippen LogP contribution in [-0.4, -0.2) is 29.0 Å². The first-order valence-electron chi connectivity index (χ1n) is 9.22. The standard InChI is InChI=1S/C20H19F3N4O3/c1-29-13-6-4-12(5-7-13)10-24-19(28)14-11-25-27-17(20(21,22)23)9-15(26-18(14)27)16-3-2-8-30-16/h2-8,11,15,17,26H,9-10H2,1H3,(H,24,28)/t15-,17+/m0/s1. The first-order valence-corrected chi connectivity index (χ1v) is 9.22. The van der Waals surface area contributed by atoms with Gasteiger partial charge in [0.1, 0.15) is 22.9 Å². The molecule has 1 amide bonds. The van der Waals surface area contributed by atoms with Gasteiger partial charge in [-0.3, -0.25) is 4.79 Å². The lowest BCUT2D eigenvalue weighted by atomic mass is 10.0. The van der Waals surface area contributed by atoms with Crippen molar-refractivity contribution >= 4 is 11.7 Å². The van der Waals surface area contributed by atoms with Gasteiger partial charge in [0.05, 0.1) is 25.6 Å². The van der Waals surface area contributed by atoms with Crippen molar-refractivity contribution in [3.8, 4) is 5.75 Å². The van der Waals surface area contributed by atoms with Crippen LogP contribution >= 0.6 is 0 Å². The monoisotopic (exact) mass is 420 g/mol. The lowest BCUT2D eigenvalue weighted by Gasteiger charge is -2.32. The minimum absolute atomic E-state index is 0.0113. The summed E-state index contributed by atoms with van der Waals surface area (Å²) in [6, 6.07) is 7.69. The molecular weight excluding hydrogens is 401 g/mol. The van der Waals surface area contributed by atoms with Crippen molar-refractivity contribution in [2.45, 2.75) is 31.2 Å². The summed E-state index contributed by atoms with van der Waals surface area (Å²) >= 11 is 0. The summed E-state index contributed by atoms with van der Waals surface area (Å²) in [4.78, 5) is 12.7. The van der Waals surface area contributed by atoms with Crippen molar-refractivity contribution in [3.05, 3.63) is 65.7 Å². The Balaban J connectivity index is 1.56. The third-order valence-electron chi connectivity index (χ3n) is 4.98. The molecule has 0 radical (unpaired) electrons. The van der Waals surface area contributed by atoms with Gasteiger partial charge < -0.3 is 19.8 Å². The van der Waals surface area contributed by atoms with Gasteiger partial charge in [0.2, 0.25) is 0 Å². The fourth-order valence-electron chi connectivity index (χ4n) is 3.43. The molecule has 0 fully saturated rings. The number of ether oxygens (including phenoxy) is 1. The number of carbonyl (C=O) groups is 1. The highest BCUT2D eigenvalue weighted by atomic mass is 19.4. The van der Waals surface area contributed by atoms with Crippen LogP contribution < -0.4 is 15.4 Å². The molecule has 0 saturated heterocycles. The van der Waals surface area contributed by atoms with Crippen molar-refractivity contribution in [3.63, 3.8) is 0 Å². The van der Waals surface area contributed by atoms with Crippen LogP contribution in [0.4, 0.5) is 19.0 Å².